The van der Waals surface area contributed by atoms with Crippen LogP contribution in [0, 0.1) is 11.8 Å². The number of benzene rings is 1. The van der Waals surface area contributed by atoms with Crippen LogP contribution in [-0.4, -0.2) is 35.3 Å². The maximum absolute atomic E-state index is 12.0. The number of carboxylic acids is 1. The minimum atomic E-state index is -0.929. The van der Waals surface area contributed by atoms with Crippen molar-refractivity contribution in [1.82, 2.24) is 5.32 Å². The molecule has 1 rings (SSSR count). The van der Waals surface area contributed by atoms with E-state index in [4.69, 9.17) is 5.73 Å². The number of amides is 3. The number of nitrogens with one attached hydrogen (secondary N) is 2. The highest BCUT2D eigenvalue weighted by Crippen LogP contribution is 2.26. The van der Waals surface area contributed by atoms with Crippen LogP contribution >= 0.6 is 11.8 Å². The van der Waals surface area contributed by atoms with E-state index in [1.807, 2.05) is 13.8 Å². The van der Waals surface area contributed by atoms with Gasteiger partial charge in [-0.05, 0) is 24.5 Å². The van der Waals surface area contributed by atoms with Crippen molar-refractivity contribution in [2.75, 3.05) is 17.6 Å². The van der Waals surface area contributed by atoms with Gasteiger partial charge in [0.15, 0.2) is 0 Å². The van der Waals surface area contributed by atoms with Crippen LogP contribution in [0.5, 0.6) is 0 Å². The lowest BCUT2D eigenvalue weighted by Gasteiger charge is -2.16. The number of nitrogens with two attached hydrogens (primary N) is 1. The smallest absolute Gasteiger partial charge is 0.319 e. The van der Waals surface area contributed by atoms with E-state index in [9.17, 15) is 19.5 Å². The fourth-order valence-corrected chi connectivity index (χ4v) is 2.81. The second-order valence-electron chi connectivity index (χ2n) is 5.75. The molecule has 1 aromatic rings. The molecule has 7 nitrogen and oxygen atoms in total. The summed E-state index contributed by atoms with van der Waals surface area (Å²) in [6.07, 6.45) is 0.487. The number of rotatable bonds is 9. The number of para-hydroxylation sites is 1. The van der Waals surface area contributed by atoms with Gasteiger partial charge in [-0.1, -0.05) is 26.0 Å². The summed E-state index contributed by atoms with van der Waals surface area (Å²) in [5.41, 5.74) is 5.66. The van der Waals surface area contributed by atoms with Gasteiger partial charge < -0.3 is 21.5 Å². The number of thioether (sulfide) groups is 1. The zero-order valence-electron chi connectivity index (χ0n) is 13.7. The highest BCUT2D eigenvalue weighted by Gasteiger charge is 2.19. The topological polar surface area (TPSA) is 122 Å². The monoisotopic (exact) mass is 353 g/mol. The van der Waals surface area contributed by atoms with E-state index in [1.54, 1.807) is 24.3 Å². The maximum atomic E-state index is 12.0. The van der Waals surface area contributed by atoms with Gasteiger partial charge in [-0.3, -0.25) is 9.59 Å². The predicted molar refractivity (Wildman–Crippen MR) is 94.0 cm³/mol. The van der Waals surface area contributed by atoms with Crippen molar-refractivity contribution < 1.29 is 19.5 Å². The molecule has 0 aliphatic carbocycles. The van der Waals surface area contributed by atoms with Crippen molar-refractivity contribution >= 4 is 35.4 Å². The molecule has 0 aliphatic heterocycles. The molecule has 0 bridgehead atoms. The lowest BCUT2D eigenvalue weighted by Crippen LogP contribution is -2.36. The average Bonchev–Trinajstić information content (AvgIpc) is 2.49. The number of carboxylic acid groups (broad SMARTS) is 1. The Morgan fingerprint density at radius 1 is 1.25 bits per heavy atom. The van der Waals surface area contributed by atoms with Crippen molar-refractivity contribution in [1.29, 1.82) is 0 Å². The number of hydrogen-bond acceptors (Lipinski definition) is 4. The first-order valence-corrected chi connectivity index (χ1v) is 8.56. The Morgan fingerprint density at radius 3 is 2.50 bits per heavy atom. The van der Waals surface area contributed by atoms with Gasteiger partial charge in [0, 0.05) is 11.4 Å². The summed E-state index contributed by atoms with van der Waals surface area (Å²) in [5, 5.41) is 14.4. The highest BCUT2D eigenvalue weighted by atomic mass is 32.2. The largest absolute Gasteiger partial charge is 0.481 e. The molecular weight excluding hydrogens is 330 g/mol. The van der Waals surface area contributed by atoms with Crippen LogP contribution in [0.1, 0.15) is 20.3 Å². The average molecular weight is 353 g/mol. The number of primary amides is 1. The molecule has 5 N–H and O–H groups in total. The number of aliphatic carboxylic acids is 1. The fourth-order valence-electron chi connectivity index (χ4n) is 2.07. The molecule has 1 aromatic carbocycles. The van der Waals surface area contributed by atoms with Gasteiger partial charge in [-0.15, -0.1) is 11.8 Å². The Kier molecular flexibility index (Phi) is 8.11. The molecule has 0 heterocycles. The number of carbonyl (C=O) groups excluding carboxylic acids is 2. The third-order valence-corrected chi connectivity index (χ3v) is 4.22. The summed E-state index contributed by atoms with van der Waals surface area (Å²) in [6.45, 7) is 3.92. The minimum absolute atomic E-state index is 0.0515. The highest BCUT2D eigenvalue weighted by molar-refractivity contribution is 8.00. The molecule has 132 valence electrons. The van der Waals surface area contributed by atoms with E-state index in [0.29, 0.717) is 17.0 Å². The summed E-state index contributed by atoms with van der Waals surface area (Å²) in [5.74, 6) is -1.67. The zero-order valence-corrected chi connectivity index (χ0v) is 14.6. The first-order valence-electron chi connectivity index (χ1n) is 7.57. The standard InChI is InChI=1S/C16H23N3O4S/c1-10(2)7-11(15(21)22)8-18-16(23)19-12-5-3-4-6-13(12)24-9-14(17)20/h3-6,10-11H,7-9H2,1-2H3,(H2,17,20)(H,21,22)(H2,18,19,23). The Hall–Kier alpha value is -2.22. The fraction of sp³-hybridized carbons (Fsp3) is 0.438. The molecule has 0 fully saturated rings. The molecule has 0 spiro atoms. The molecule has 3 amide bonds. The SMILES string of the molecule is CC(C)CC(CNC(=O)Nc1ccccc1SCC(N)=O)C(=O)O. The summed E-state index contributed by atoms with van der Waals surface area (Å²) < 4.78 is 0. The van der Waals surface area contributed by atoms with E-state index in [-0.39, 0.29) is 18.2 Å². The molecule has 1 atom stereocenters. The van der Waals surface area contributed by atoms with Gasteiger partial charge in [0.05, 0.1) is 17.4 Å². The summed E-state index contributed by atoms with van der Waals surface area (Å²) >= 11 is 1.22. The third-order valence-electron chi connectivity index (χ3n) is 3.12. The molecule has 0 radical (unpaired) electrons. The van der Waals surface area contributed by atoms with E-state index >= 15 is 0 Å². The molecule has 0 saturated heterocycles. The molecule has 8 heteroatoms. The number of anilines is 1. The van der Waals surface area contributed by atoms with Crippen molar-refractivity contribution in [2.45, 2.75) is 25.2 Å². The summed E-state index contributed by atoms with van der Waals surface area (Å²) in [6, 6.07) is 6.52. The molecule has 24 heavy (non-hydrogen) atoms. The summed E-state index contributed by atoms with van der Waals surface area (Å²) in [4.78, 5) is 34.8. The van der Waals surface area contributed by atoms with E-state index in [1.165, 1.54) is 11.8 Å². The van der Waals surface area contributed by atoms with Gasteiger partial charge >= 0.3 is 12.0 Å². The number of hydrogen-bond donors (Lipinski definition) is 4. The van der Waals surface area contributed by atoms with Gasteiger partial charge in [0.1, 0.15) is 0 Å². The van der Waals surface area contributed by atoms with Crippen LogP contribution in [-0.2, 0) is 9.59 Å². The van der Waals surface area contributed by atoms with Crippen LogP contribution in [0.4, 0.5) is 10.5 Å². The Labute approximate surface area is 145 Å². The van der Waals surface area contributed by atoms with Gasteiger partial charge in [0.2, 0.25) is 5.91 Å². The van der Waals surface area contributed by atoms with E-state index in [2.05, 4.69) is 10.6 Å². The van der Waals surface area contributed by atoms with Crippen LogP contribution in [0.2, 0.25) is 0 Å². The van der Waals surface area contributed by atoms with E-state index in [0.717, 1.165) is 0 Å². The van der Waals surface area contributed by atoms with Crippen molar-refractivity contribution in [3.05, 3.63) is 24.3 Å². The Morgan fingerprint density at radius 2 is 1.92 bits per heavy atom. The second-order valence-corrected chi connectivity index (χ2v) is 6.77. The number of carbonyl (C=O) groups is 3. The zero-order chi connectivity index (χ0) is 18.1. The molecule has 0 aliphatic rings. The quantitative estimate of drug-likeness (QED) is 0.507. The Bertz CT molecular complexity index is 592. The van der Waals surface area contributed by atoms with Crippen molar-refractivity contribution in [2.24, 2.45) is 17.6 Å². The summed E-state index contributed by atoms with van der Waals surface area (Å²) in [7, 11) is 0. The third kappa shape index (κ3) is 7.36. The van der Waals surface area contributed by atoms with Gasteiger partial charge in [-0.2, -0.15) is 0 Å². The first-order chi connectivity index (χ1) is 11.3. The van der Waals surface area contributed by atoms with Crippen molar-refractivity contribution in [3.8, 4) is 0 Å². The minimum Gasteiger partial charge on any atom is -0.481 e. The van der Waals surface area contributed by atoms with Crippen LogP contribution in [0.3, 0.4) is 0 Å². The predicted octanol–water partition coefficient (Wildman–Crippen LogP) is 2.13. The van der Waals surface area contributed by atoms with Crippen LogP contribution in [0.15, 0.2) is 29.2 Å². The van der Waals surface area contributed by atoms with Crippen LogP contribution in [0.25, 0.3) is 0 Å². The lowest BCUT2D eigenvalue weighted by molar-refractivity contribution is -0.142. The maximum Gasteiger partial charge on any atom is 0.319 e. The molecular formula is C16H23N3O4S. The molecule has 0 saturated carbocycles. The van der Waals surface area contributed by atoms with E-state index < -0.39 is 23.8 Å². The van der Waals surface area contributed by atoms with Crippen molar-refractivity contribution in [3.63, 3.8) is 0 Å². The first kappa shape index (κ1) is 19.8. The molecule has 1 unspecified atom stereocenters. The van der Waals surface area contributed by atoms with Gasteiger partial charge in [-0.25, -0.2) is 4.79 Å². The van der Waals surface area contributed by atoms with Gasteiger partial charge in [0.25, 0.3) is 0 Å². The second kappa shape index (κ2) is 9.82. The lowest BCUT2D eigenvalue weighted by atomic mass is 9.97. The van der Waals surface area contributed by atoms with Crippen LogP contribution < -0.4 is 16.4 Å². The molecule has 0 aromatic heterocycles. The number of urea groups is 1. The normalized spacial score (nSPS) is 11.8. The Balaban J connectivity index is 2.61.